The van der Waals surface area contributed by atoms with Crippen LogP contribution in [0.25, 0.3) is 99.5 Å². The van der Waals surface area contributed by atoms with Crippen LogP contribution in [0.4, 0.5) is 0 Å². The average Bonchev–Trinajstić information content (AvgIpc) is 3.57. The summed E-state index contributed by atoms with van der Waals surface area (Å²) in [6, 6.07) is 56.9. The van der Waals surface area contributed by atoms with Gasteiger partial charge in [-0.2, -0.15) is 0 Å². The number of para-hydroxylation sites is 1. The van der Waals surface area contributed by atoms with Crippen LogP contribution >= 0.6 is 0 Å². The van der Waals surface area contributed by atoms with E-state index in [-0.39, 0.29) is 0 Å². The molecule has 0 spiro atoms. The van der Waals surface area contributed by atoms with Crippen LogP contribution in [-0.4, -0.2) is 15.0 Å². The second-order valence-electron chi connectivity index (χ2n) is 12.4. The Bertz CT molecular complexity index is 2890. The highest BCUT2D eigenvalue weighted by molar-refractivity contribution is 6.23. The maximum Gasteiger partial charge on any atom is 0.164 e. The monoisotopic (exact) mass is 625 g/mol. The second kappa shape index (κ2) is 11.0. The van der Waals surface area contributed by atoms with Crippen molar-refractivity contribution in [3.63, 3.8) is 0 Å². The lowest BCUT2D eigenvalue weighted by Gasteiger charge is -2.13. The van der Waals surface area contributed by atoms with Gasteiger partial charge in [-0.15, -0.1) is 0 Å². The maximum absolute atomic E-state index is 6.78. The van der Waals surface area contributed by atoms with Gasteiger partial charge in [0.15, 0.2) is 17.5 Å². The minimum Gasteiger partial charge on any atom is -0.455 e. The van der Waals surface area contributed by atoms with E-state index in [1.54, 1.807) is 0 Å². The number of hydrogen-bond acceptors (Lipinski definition) is 4. The highest BCUT2D eigenvalue weighted by atomic mass is 16.3. The molecule has 4 nitrogen and oxygen atoms in total. The molecule has 2 heterocycles. The molecule has 0 saturated heterocycles. The van der Waals surface area contributed by atoms with Crippen molar-refractivity contribution in [3.8, 4) is 45.3 Å². The number of fused-ring (bicyclic) bond motifs is 7. The molecule has 0 aliphatic carbocycles. The summed E-state index contributed by atoms with van der Waals surface area (Å²) in [4.78, 5) is 15.4. The zero-order chi connectivity index (χ0) is 32.3. The van der Waals surface area contributed by atoms with E-state index in [1.807, 2.05) is 42.5 Å². The first kappa shape index (κ1) is 27.5. The van der Waals surface area contributed by atoms with Crippen molar-refractivity contribution >= 4 is 54.3 Å². The van der Waals surface area contributed by atoms with Crippen molar-refractivity contribution in [3.05, 3.63) is 164 Å². The van der Waals surface area contributed by atoms with Crippen LogP contribution in [0.3, 0.4) is 0 Å². The third-order valence-corrected chi connectivity index (χ3v) is 9.46. The Morgan fingerprint density at radius 3 is 1.71 bits per heavy atom. The molecule has 10 rings (SSSR count). The van der Waals surface area contributed by atoms with Crippen molar-refractivity contribution < 1.29 is 4.42 Å². The molecular weight excluding hydrogens is 599 g/mol. The molecule has 0 saturated carbocycles. The third kappa shape index (κ3) is 4.57. The van der Waals surface area contributed by atoms with Gasteiger partial charge >= 0.3 is 0 Å². The molecule has 10 aromatic rings. The van der Waals surface area contributed by atoms with Gasteiger partial charge in [0.1, 0.15) is 11.2 Å². The Kier molecular flexibility index (Phi) is 6.15. The Hall–Kier alpha value is -6.65. The zero-order valence-electron chi connectivity index (χ0n) is 26.3. The fraction of sp³-hybridized carbons (Fsp3) is 0. The zero-order valence-corrected chi connectivity index (χ0v) is 26.3. The molecule has 0 unspecified atom stereocenters. The van der Waals surface area contributed by atoms with Crippen LogP contribution in [0.1, 0.15) is 0 Å². The number of hydrogen-bond donors (Lipinski definition) is 0. The summed E-state index contributed by atoms with van der Waals surface area (Å²) in [6.07, 6.45) is 0. The predicted octanol–water partition coefficient (Wildman–Crippen LogP) is 11.9. The van der Waals surface area contributed by atoms with Crippen molar-refractivity contribution in [1.82, 2.24) is 15.0 Å². The Morgan fingerprint density at radius 2 is 0.939 bits per heavy atom. The predicted molar refractivity (Wildman–Crippen MR) is 201 cm³/mol. The van der Waals surface area contributed by atoms with Gasteiger partial charge in [0.2, 0.25) is 0 Å². The first-order valence-corrected chi connectivity index (χ1v) is 16.4. The number of rotatable bonds is 4. The van der Waals surface area contributed by atoms with Crippen molar-refractivity contribution in [2.75, 3.05) is 0 Å². The molecule has 0 atom stereocenters. The van der Waals surface area contributed by atoms with Gasteiger partial charge in [-0.1, -0.05) is 140 Å². The van der Waals surface area contributed by atoms with Gasteiger partial charge in [-0.25, -0.2) is 15.0 Å². The molecule has 8 aromatic carbocycles. The lowest BCUT2D eigenvalue weighted by atomic mass is 9.92. The van der Waals surface area contributed by atoms with E-state index in [0.29, 0.717) is 17.5 Å². The first-order chi connectivity index (χ1) is 24.3. The molecule has 0 fully saturated rings. The van der Waals surface area contributed by atoms with E-state index in [4.69, 9.17) is 19.4 Å². The molecule has 228 valence electrons. The van der Waals surface area contributed by atoms with Gasteiger partial charge in [0, 0.05) is 32.8 Å². The van der Waals surface area contributed by atoms with E-state index >= 15 is 0 Å². The quantitative estimate of drug-likeness (QED) is 0.195. The van der Waals surface area contributed by atoms with Crippen LogP contribution in [-0.2, 0) is 0 Å². The third-order valence-electron chi connectivity index (χ3n) is 9.46. The standard InChI is InChI=1S/C45H27N3O/c1-2-13-30(14-3-1)43-46-44(35-24-22-29-12-5-7-16-32(29)26-35)48-45(47-43)38-27-34-17-10-19-36(33-23-21-28-11-4-6-15-31(28)25-33)40(34)42-41(38)37-18-8-9-20-39(37)49-42/h1-27H. The van der Waals surface area contributed by atoms with Gasteiger partial charge in [-0.3, -0.25) is 0 Å². The Labute approximate surface area is 282 Å². The van der Waals surface area contributed by atoms with E-state index in [2.05, 4.69) is 121 Å². The highest BCUT2D eigenvalue weighted by Gasteiger charge is 2.22. The topological polar surface area (TPSA) is 51.8 Å². The molecule has 0 radical (unpaired) electrons. The lowest BCUT2D eigenvalue weighted by Crippen LogP contribution is -2.00. The van der Waals surface area contributed by atoms with Crippen LogP contribution in [0.15, 0.2) is 168 Å². The molecule has 0 N–H and O–H groups in total. The van der Waals surface area contributed by atoms with Crippen LogP contribution in [0.2, 0.25) is 0 Å². The summed E-state index contributed by atoms with van der Waals surface area (Å²) >= 11 is 0. The van der Waals surface area contributed by atoms with Gasteiger partial charge in [0.05, 0.1) is 0 Å². The highest BCUT2D eigenvalue weighted by Crippen LogP contribution is 2.44. The molecular formula is C45H27N3O. The number of benzene rings is 8. The van der Waals surface area contributed by atoms with Crippen molar-refractivity contribution in [1.29, 1.82) is 0 Å². The number of aromatic nitrogens is 3. The number of furan rings is 1. The average molecular weight is 626 g/mol. The summed E-state index contributed by atoms with van der Waals surface area (Å²) in [6.45, 7) is 0. The van der Waals surface area contributed by atoms with Gasteiger partial charge in [-0.05, 0) is 62.3 Å². The first-order valence-electron chi connectivity index (χ1n) is 16.4. The second-order valence-corrected chi connectivity index (χ2v) is 12.4. The van der Waals surface area contributed by atoms with Gasteiger partial charge in [0.25, 0.3) is 0 Å². The fourth-order valence-electron chi connectivity index (χ4n) is 7.10. The normalized spacial score (nSPS) is 11.7. The maximum atomic E-state index is 6.78. The van der Waals surface area contributed by atoms with Crippen molar-refractivity contribution in [2.45, 2.75) is 0 Å². The molecule has 0 bridgehead atoms. The Balaban J connectivity index is 1.27. The van der Waals surface area contributed by atoms with Crippen LogP contribution in [0.5, 0.6) is 0 Å². The van der Waals surface area contributed by atoms with E-state index in [0.717, 1.165) is 65.9 Å². The van der Waals surface area contributed by atoms with Crippen LogP contribution < -0.4 is 0 Å². The lowest BCUT2D eigenvalue weighted by molar-refractivity contribution is 0.673. The molecule has 0 aliphatic heterocycles. The molecule has 4 heteroatoms. The molecule has 0 amide bonds. The summed E-state index contributed by atoms with van der Waals surface area (Å²) in [5.74, 6) is 1.85. The van der Waals surface area contributed by atoms with E-state index in [1.165, 1.54) is 16.2 Å². The van der Waals surface area contributed by atoms with Crippen LogP contribution in [0, 0.1) is 0 Å². The summed E-state index contributed by atoms with van der Waals surface area (Å²) < 4.78 is 6.78. The molecule has 49 heavy (non-hydrogen) atoms. The van der Waals surface area contributed by atoms with Crippen molar-refractivity contribution in [2.24, 2.45) is 0 Å². The van der Waals surface area contributed by atoms with E-state index < -0.39 is 0 Å². The molecule has 2 aromatic heterocycles. The molecule has 0 aliphatic rings. The van der Waals surface area contributed by atoms with E-state index in [9.17, 15) is 0 Å². The minimum atomic E-state index is 0.603. The smallest absolute Gasteiger partial charge is 0.164 e. The SMILES string of the molecule is c1ccc(-c2nc(-c3ccc4ccccc4c3)nc(-c3cc4cccc(-c5ccc6ccccc6c5)c4c4oc5ccccc5c34)n2)cc1. The Morgan fingerprint density at radius 1 is 0.347 bits per heavy atom. The van der Waals surface area contributed by atoms with Gasteiger partial charge < -0.3 is 4.42 Å². The summed E-state index contributed by atoms with van der Waals surface area (Å²) in [5, 5.41) is 8.87. The minimum absolute atomic E-state index is 0.603. The number of nitrogens with zero attached hydrogens (tertiary/aromatic N) is 3. The fourth-order valence-corrected chi connectivity index (χ4v) is 7.10. The summed E-state index contributed by atoms with van der Waals surface area (Å²) in [5.41, 5.74) is 6.69. The largest absolute Gasteiger partial charge is 0.455 e. The summed E-state index contributed by atoms with van der Waals surface area (Å²) in [7, 11) is 0.